The van der Waals surface area contributed by atoms with Crippen molar-refractivity contribution in [1.82, 2.24) is 0 Å². The fraction of sp³-hybridized carbons (Fsp3) is 0.211. The summed E-state index contributed by atoms with van der Waals surface area (Å²) in [5.41, 5.74) is 4.96. The van der Waals surface area contributed by atoms with Gasteiger partial charge in [0, 0.05) is 0 Å². The monoisotopic (exact) mass is 340 g/mol. The number of nitrogens with one attached hydrogen (secondary N) is 1. The summed E-state index contributed by atoms with van der Waals surface area (Å²) in [4.78, 5) is -0.309. The molecule has 0 saturated heterocycles. The highest BCUT2D eigenvalue weighted by Crippen LogP contribution is 2.22. The second-order valence-electron chi connectivity index (χ2n) is 5.90. The van der Waals surface area contributed by atoms with E-state index >= 15 is 0 Å². The van der Waals surface area contributed by atoms with Crippen molar-refractivity contribution in [2.45, 2.75) is 27.7 Å². The van der Waals surface area contributed by atoms with Gasteiger partial charge in [-0.3, -0.25) is 4.72 Å². The first-order valence-corrected chi connectivity index (χ1v) is 9.00. The molecule has 2 rings (SSSR count). The predicted octanol–water partition coefficient (Wildman–Crippen LogP) is 4.23. The molecule has 0 radical (unpaired) electrons. The smallest absolute Gasteiger partial charge is 0.272 e. The van der Waals surface area contributed by atoms with Crippen molar-refractivity contribution >= 4 is 21.8 Å². The lowest BCUT2D eigenvalue weighted by atomic mass is 10.1. The topological polar surface area (TPSA) is 70.0 Å². The quantitative estimate of drug-likeness (QED) is 0.847. The van der Waals surface area contributed by atoms with E-state index in [-0.39, 0.29) is 4.91 Å². The summed E-state index contributed by atoms with van der Waals surface area (Å²) in [6.07, 6.45) is 1.41. The maximum Gasteiger partial charge on any atom is 0.272 e. The molecule has 0 heterocycles. The van der Waals surface area contributed by atoms with Crippen molar-refractivity contribution in [3.8, 4) is 6.07 Å². The van der Waals surface area contributed by atoms with Crippen LogP contribution in [0.25, 0.3) is 6.08 Å². The Balaban J connectivity index is 2.43. The highest BCUT2D eigenvalue weighted by atomic mass is 32.2. The van der Waals surface area contributed by atoms with Crippen LogP contribution >= 0.6 is 0 Å². The van der Waals surface area contributed by atoms with Gasteiger partial charge in [0.2, 0.25) is 0 Å². The van der Waals surface area contributed by atoms with Gasteiger partial charge in [-0.05, 0) is 56.5 Å². The molecular weight excluding hydrogens is 320 g/mol. The maximum atomic E-state index is 12.6. The van der Waals surface area contributed by atoms with Gasteiger partial charge in [-0.1, -0.05) is 41.5 Å². The molecular formula is C19H20N2O2S. The lowest BCUT2D eigenvalue weighted by Gasteiger charge is -2.11. The number of benzene rings is 2. The molecule has 0 fully saturated rings. The minimum atomic E-state index is -3.94. The Hall–Kier alpha value is -2.58. The Morgan fingerprint density at radius 3 is 2.25 bits per heavy atom. The van der Waals surface area contributed by atoms with Gasteiger partial charge < -0.3 is 0 Å². The number of nitriles is 1. The van der Waals surface area contributed by atoms with Crippen LogP contribution in [0, 0.1) is 39.0 Å². The SMILES string of the molecule is Cc1ccc(NS(=O)(=O)/C(C#N)=C/c2cc(C)ccc2C)c(C)c1. The highest BCUT2D eigenvalue weighted by Gasteiger charge is 2.19. The Labute approximate surface area is 143 Å². The number of sulfonamides is 1. The Bertz CT molecular complexity index is 952. The van der Waals surface area contributed by atoms with Crippen LogP contribution in [0.2, 0.25) is 0 Å². The van der Waals surface area contributed by atoms with Crippen LogP contribution in [0.15, 0.2) is 41.3 Å². The number of hydrogen-bond donors (Lipinski definition) is 1. The standard InChI is InChI=1S/C19H20N2O2S/c1-13-6-8-19(16(4)9-13)21-24(22,23)18(12-20)11-17-10-14(2)5-7-15(17)3/h5-11,21H,1-4H3/b18-11+. The molecule has 124 valence electrons. The summed E-state index contributed by atoms with van der Waals surface area (Å²) in [5, 5.41) is 9.34. The lowest BCUT2D eigenvalue weighted by molar-refractivity contribution is 0.608. The van der Waals surface area contributed by atoms with E-state index in [1.807, 2.05) is 58.0 Å². The number of anilines is 1. The van der Waals surface area contributed by atoms with E-state index in [0.717, 1.165) is 27.8 Å². The minimum absolute atomic E-state index is 0.309. The summed E-state index contributed by atoms with van der Waals surface area (Å²) in [6, 6.07) is 12.9. The van der Waals surface area contributed by atoms with Crippen LogP contribution in [-0.4, -0.2) is 8.42 Å². The third-order valence-electron chi connectivity index (χ3n) is 3.75. The first-order chi connectivity index (χ1) is 11.2. The van der Waals surface area contributed by atoms with Crippen LogP contribution in [0.5, 0.6) is 0 Å². The third kappa shape index (κ3) is 4.03. The van der Waals surface area contributed by atoms with Crippen molar-refractivity contribution < 1.29 is 8.42 Å². The van der Waals surface area contributed by atoms with Crippen LogP contribution in [0.3, 0.4) is 0 Å². The molecule has 0 spiro atoms. The lowest BCUT2D eigenvalue weighted by Crippen LogP contribution is -2.15. The zero-order valence-corrected chi connectivity index (χ0v) is 15.0. The summed E-state index contributed by atoms with van der Waals surface area (Å²) in [7, 11) is -3.94. The number of nitrogens with zero attached hydrogens (tertiary/aromatic N) is 1. The molecule has 4 nitrogen and oxygen atoms in total. The molecule has 1 N–H and O–H groups in total. The molecule has 0 aromatic heterocycles. The van der Waals surface area contributed by atoms with E-state index in [1.165, 1.54) is 6.08 Å². The molecule has 2 aromatic rings. The molecule has 2 aromatic carbocycles. The normalized spacial score (nSPS) is 11.9. The summed E-state index contributed by atoms with van der Waals surface area (Å²) < 4.78 is 27.6. The fourth-order valence-electron chi connectivity index (χ4n) is 2.35. The van der Waals surface area contributed by atoms with Crippen LogP contribution in [0.4, 0.5) is 5.69 Å². The van der Waals surface area contributed by atoms with Gasteiger partial charge in [0.25, 0.3) is 10.0 Å². The molecule has 0 aliphatic rings. The van der Waals surface area contributed by atoms with Gasteiger partial charge in [-0.25, -0.2) is 8.42 Å². The summed E-state index contributed by atoms with van der Waals surface area (Å²) >= 11 is 0. The van der Waals surface area contributed by atoms with Crippen molar-refractivity contribution in [2.75, 3.05) is 4.72 Å². The number of hydrogen-bond acceptors (Lipinski definition) is 3. The van der Waals surface area contributed by atoms with E-state index in [1.54, 1.807) is 12.1 Å². The van der Waals surface area contributed by atoms with Gasteiger partial charge in [0.1, 0.15) is 6.07 Å². The maximum absolute atomic E-state index is 12.6. The molecule has 0 aliphatic heterocycles. The van der Waals surface area contributed by atoms with E-state index in [0.29, 0.717) is 5.69 Å². The molecule has 5 heteroatoms. The first-order valence-electron chi connectivity index (χ1n) is 7.52. The zero-order valence-electron chi connectivity index (χ0n) is 14.2. The zero-order chi connectivity index (χ0) is 17.9. The number of aryl methyl sites for hydroxylation is 4. The van der Waals surface area contributed by atoms with Crippen LogP contribution < -0.4 is 4.72 Å². The van der Waals surface area contributed by atoms with Gasteiger partial charge in [0.05, 0.1) is 5.69 Å². The van der Waals surface area contributed by atoms with Crippen molar-refractivity contribution in [1.29, 1.82) is 5.26 Å². The molecule has 24 heavy (non-hydrogen) atoms. The van der Waals surface area contributed by atoms with E-state index in [9.17, 15) is 13.7 Å². The minimum Gasteiger partial charge on any atom is -0.279 e. The van der Waals surface area contributed by atoms with E-state index < -0.39 is 10.0 Å². The number of rotatable bonds is 4. The van der Waals surface area contributed by atoms with E-state index in [2.05, 4.69) is 4.72 Å². The van der Waals surface area contributed by atoms with Crippen molar-refractivity contribution in [3.05, 3.63) is 69.1 Å². The highest BCUT2D eigenvalue weighted by molar-refractivity contribution is 7.97. The van der Waals surface area contributed by atoms with E-state index in [4.69, 9.17) is 0 Å². The van der Waals surface area contributed by atoms with Gasteiger partial charge in [0.15, 0.2) is 4.91 Å². The summed E-state index contributed by atoms with van der Waals surface area (Å²) in [6.45, 7) is 7.56. The van der Waals surface area contributed by atoms with Crippen molar-refractivity contribution in [3.63, 3.8) is 0 Å². The Morgan fingerprint density at radius 1 is 1.00 bits per heavy atom. The van der Waals surface area contributed by atoms with Gasteiger partial charge >= 0.3 is 0 Å². The van der Waals surface area contributed by atoms with Crippen LogP contribution in [-0.2, 0) is 10.0 Å². The molecule has 0 saturated carbocycles. The van der Waals surface area contributed by atoms with Crippen molar-refractivity contribution in [2.24, 2.45) is 0 Å². The first kappa shape index (κ1) is 17.8. The second-order valence-corrected chi connectivity index (χ2v) is 7.56. The van der Waals surface area contributed by atoms with Crippen LogP contribution in [0.1, 0.15) is 27.8 Å². The Morgan fingerprint density at radius 2 is 1.62 bits per heavy atom. The fourth-order valence-corrected chi connectivity index (χ4v) is 3.39. The molecule has 0 atom stereocenters. The van der Waals surface area contributed by atoms with Gasteiger partial charge in [-0.15, -0.1) is 0 Å². The second kappa shape index (κ2) is 6.90. The molecule has 0 aliphatic carbocycles. The summed E-state index contributed by atoms with van der Waals surface area (Å²) in [5.74, 6) is 0. The average Bonchev–Trinajstić information content (AvgIpc) is 2.50. The number of allylic oxidation sites excluding steroid dienone is 1. The average molecular weight is 340 g/mol. The largest absolute Gasteiger partial charge is 0.279 e. The molecule has 0 unspecified atom stereocenters. The van der Waals surface area contributed by atoms with Gasteiger partial charge in [-0.2, -0.15) is 5.26 Å². The Kier molecular flexibility index (Phi) is 5.10. The predicted molar refractivity (Wildman–Crippen MR) is 98.0 cm³/mol. The molecule has 0 amide bonds. The third-order valence-corrected chi connectivity index (χ3v) is 5.02. The molecule has 0 bridgehead atoms.